The summed E-state index contributed by atoms with van der Waals surface area (Å²) >= 11 is 0. The van der Waals surface area contributed by atoms with Gasteiger partial charge in [-0.3, -0.25) is 19.8 Å². The van der Waals surface area contributed by atoms with E-state index >= 15 is 0 Å². The summed E-state index contributed by atoms with van der Waals surface area (Å²) in [6, 6.07) is 2.86. The highest BCUT2D eigenvalue weighted by atomic mass is 16.6. The van der Waals surface area contributed by atoms with Crippen LogP contribution in [0.3, 0.4) is 0 Å². The Hall–Kier alpha value is -2.66. The molecule has 1 N–H and O–H groups in total. The van der Waals surface area contributed by atoms with Crippen LogP contribution in [0.15, 0.2) is 18.3 Å². The fourth-order valence-electron chi connectivity index (χ4n) is 2.46. The van der Waals surface area contributed by atoms with Crippen LogP contribution in [-0.4, -0.2) is 59.5 Å². The number of nitrogens with zero attached hydrogens (tertiary/aromatic N) is 4. The Morgan fingerprint density at radius 3 is 2.70 bits per heavy atom. The number of carbonyl (C=O) groups excluding carboxylic acids is 1. The molecule has 1 unspecified atom stereocenters. The Bertz CT molecular complexity index is 603. The first-order valence-corrected chi connectivity index (χ1v) is 7.33. The standard InChI is InChI=1S/C15H19N5O3/c1-3-6-16-15(21)12(2)18-7-9-19(10-8-18)14-5-4-13(11-17-14)20(22)23/h1,4-5,11-12H,6-10H2,2H3,(H,16,21). The van der Waals surface area contributed by atoms with Crippen LogP contribution >= 0.6 is 0 Å². The first-order chi connectivity index (χ1) is 11.0. The molecule has 0 saturated carbocycles. The molecule has 1 amide bonds. The van der Waals surface area contributed by atoms with Crippen molar-refractivity contribution in [1.29, 1.82) is 0 Å². The maximum atomic E-state index is 11.9. The molecule has 2 heterocycles. The third-order valence-electron chi connectivity index (χ3n) is 3.87. The first kappa shape index (κ1) is 16.7. The number of terminal acetylenes is 1. The van der Waals surface area contributed by atoms with E-state index in [1.165, 1.54) is 12.3 Å². The number of nitrogens with one attached hydrogen (secondary N) is 1. The normalized spacial score (nSPS) is 16.4. The molecule has 8 heteroatoms. The fraction of sp³-hybridized carbons (Fsp3) is 0.467. The van der Waals surface area contributed by atoms with Gasteiger partial charge in [-0.15, -0.1) is 6.42 Å². The van der Waals surface area contributed by atoms with Crippen LogP contribution in [0.25, 0.3) is 0 Å². The van der Waals surface area contributed by atoms with Gasteiger partial charge in [-0.25, -0.2) is 4.98 Å². The topological polar surface area (TPSA) is 91.6 Å². The SMILES string of the molecule is C#CCNC(=O)C(C)N1CCN(c2ccc([N+](=O)[O-])cn2)CC1. The van der Waals surface area contributed by atoms with Gasteiger partial charge >= 0.3 is 0 Å². The van der Waals surface area contributed by atoms with Gasteiger partial charge in [0.25, 0.3) is 5.69 Å². The van der Waals surface area contributed by atoms with E-state index in [0.29, 0.717) is 32.0 Å². The lowest BCUT2D eigenvalue weighted by atomic mass is 10.2. The number of rotatable bonds is 5. The van der Waals surface area contributed by atoms with Crippen LogP contribution in [0.1, 0.15) is 6.92 Å². The molecule has 1 aliphatic heterocycles. The number of hydrogen-bond acceptors (Lipinski definition) is 6. The Labute approximate surface area is 134 Å². The smallest absolute Gasteiger partial charge is 0.287 e. The highest BCUT2D eigenvalue weighted by Crippen LogP contribution is 2.18. The van der Waals surface area contributed by atoms with E-state index in [1.807, 2.05) is 11.8 Å². The summed E-state index contributed by atoms with van der Waals surface area (Å²) in [4.78, 5) is 30.3. The monoisotopic (exact) mass is 317 g/mol. The zero-order chi connectivity index (χ0) is 16.8. The van der Waals surface area contributed by atoms with Crippen molar-refractivity contribution >= 4 is 17.4 Å². The van der Waals surface area contributed by atoms with Gasteiger partial charge in [-0.05, 0) is 13.0 Å². The molecule has 1 aliphatic rings. The Balaban J connectivity index is 1.89. The average molecular weight is 317 g/mol. The lowest BCUT2D eigenvalue weighted by Crippen LogP contribution is -2.54. The summed E-state index contributed by atoms with van der Waals surface area (Å²) in [6.07, 6.45) is 6.39. The van der Waals surface area contributed by atoms with Gasteiger partial charge in [-0.2, -0.15) is 0 Å². The molecule has 2 rings (SSSR count). The number of anilines is 1. The van der Waals surface area contributed by atoms with Gasteiger partial charge in [0.2, 0.25) is 5.91 Å². The summed E-state index contributed by atoms with van der Waals surface area (Å²) in [7, 11) is 0. The molecule has 0 spiro atoms. The lowest BCUT2D eigenvalue weighted by molar-refractivity contribution is -0.385. The molecule has 0 aromatic carbocycles. The van der Waals surface area contributed by atoms with Crippen molar-refractivity contribution < 1.29 is 9.72 Å². The van der Waals surface area contributed by atoms with E-state index in [9.17, 15) is 14.9 Å². The number of carbonyl (C=O) groups is 1. The highest BCUT2D eigenvalue weighted by Gasteiger charge is 2.25. The second-order valence-electron chi connectivity index (χ2n) is 5.25. The fourth-order valence-corrected chi connectivity index (χ4v) is 2.46. The second-order valence-corrected chi connectivity index (χ2v) is 5.25. The number of aromatic nitrogens is 1. The van der Waals surface area contributed by atoms with E-state index in [-0.39, 0.29) is 24.2 Å². The predicted molar refractivity (Wildman–Crippen MR) is 86.0 cm³/mol. The Morgan fingerprint density at radius 2 is 2.17 bits per heavy atom. The van der Waals surface area contributed by atoms with E-state index in [4.69, 9.17) is 6.42 Å². The molecule has 8 nitrogen and oxygen atoms in total. The minimum atomic E-state index is -0.467. The summed E-state index contributed by atoms with van der Waals surface area (Å²) in [5.41, 5.74) is -0.0220. The largest absolute Gasteiger partial charge is 0.354 e. The molecule has 23 heavy (non-hydrogen) atoms. The van der Waals surface area contributed by atoms with Gasteiger partial charge in [0.1, 0.15) is 12.0 Å². The van der Waals surface area contributed by atoms with Crippen LogP contribution in [0.2, 0.25) is 0 Å². The van der Waals surface area contributed by atoms with Crippen molar-refractivity contribution in [2.24, 2.45) is 0 Å². The lowest BCUT2D eigenvalue weighted by Gasteiger charge is -2.37. The summed E-state index contributed by atoms with van der Waals surface area (Å²) in [6.45, 7) is 4.92. The van der Waals surface area contributed by atoms with Gasteiger partial charge in [0, 0.05) is 32.2 Å². The zero-order valence-corrected chi connectivity index (χ0v) is 12.9. The van der Waals surface area contributed by atoms with Gasteiger partial charge in [-0.1, -0.05) is 5.92 Å². The van der Waals surface area contributed by atoms with Crippen molar-refractivity contribution in [3.63, 3.8) is 0 Å². The van der Waals surface area contributed by atoms with Crippen molar-refractivity contribution in [3.05, 3.63) is 28.4 Å². The van der Waals surface area contributed by atoms with Gasteiger partial charge in [0.15, 0.2) is 0 Å². The van der Waals surface area contributed by atoms with Crippen molar-refractivity contribution in [2.45, 2.75) is 13.0 Å². The van der Waals surface area contributed by atoms with Crippen LogP contribution < -0.4 is 10.2 Å². The third-order valence-corrected chi connectivity index (χ3v) is 3.87. The van der Waals surface area contributed by atoms with E-state index in [1.54, 1.807) is 6.07 Å². The molecule has 0 bridgehead atoms. The molecule has 1 saturated heterocycles. The zero-order valence-electron chi connectivity index (χ0n) is 12.9. The molecular weight excluding hydrogens is 298 g/mol. The molecule has 1 atom stereocenters. The molecule has 1 fully saturated rings. The maximum absolute atomic E-state index is 11.9. The Morgan fingerprint density at radius 1 is 1.48 bits per heavy atom. The molecule has 0 aliphatic carbocycles. The molecular formula is C15H19N5O3. The molecule has 0 radical (unpaired) electrons. The number of piperazine rings is 1. The predicted octanol–water partition coefficient (Wildman–Crippen LogP) is 0.250. The summed E-state index contributed by atoms with van der Waals surface area (Å²) in [5.74, 6) is 3.01. The first-order valence-electron chi connectivity index (χ1n) is 7.33. The van der Waals surface area contributed by atoms with Crippen LogP contribution in [-0.2, 0) is 4.79 Å². The van der Waals surface area contributed by atoms with Crippen molar-refractivity contribution in [3.8, 4) is 12.3 Å². The summed E-state index contributed by atoms with van der Waals surface area (Å²) < 4.78 is 0. The highest BCUT2D eigenvalue weighted by molar-refractivity contribution is 5.81. The van der Waals surface area contributed by atoms with Crippen molar-refractivity contribution in [2.75, 3.05) is 37.6 Å². The molecule has 1 aromatic rings. The van der Waals surface area contributed by atoms with Crippen LogP contribution in [0.5, 0.6) is 0 Å². The minimum Gasteiger partial charge on any atom is -0.354 e. The third kappa shape index (κ3) is 4.17. The number of hydrogen-bond donors (Lipinski definition) is 1. The minimum absolute atomic E-state index is 0.0220. The van der Waals surface area contributed by atoms with Gasteiger partial charge < -0.3 is 10.2 Å². The maximum Gasteiger partial charge on any atom is 0.287 e. The molecule has 122 valence electrons. The second kappa shape index (κ2) is 7.56. The number of nitro groups is 1. The Kier molecular flexibility index (Phi) is 5.49. The summed E-state index contributed by atoms with van der Waals surface area (Å²) in [5, 5.41) is 13.3. The number of amides is 1. The van der Waals surface area contributed by atoms with Gasteiger partial charge in [0.05, 0.1) is 17.5 Å². The van der Waals surface area contributed by atoms with Crippen LogP contribution in [0, 0.1) is 22.5 Å². The molecule has 1 aromatic heterocycles. The van der Waals surface area contributed by atoms with E-state index in [2.05, 4.69) is 21.1 Å². The quantitative estimate of drug-likeness (QED) is 0.475. The number of pyridine rings is 1. The van der Waals surface area contributed by atoms with Crippen LogP contribution in [0.4, 0.5) is 11.5 Å². The van der Waals surface area contributed by atoms with Crippen molar-refractivity contribution in [1.82, 2.24) is 15.2 Å². The van der Waals surface area contributed by atoms with E-state index < -0.39 is 4.92 Å². The average Bonchev–Trinajstić information content (AvgIpc) is 2.59. The van der Waals surface area contributed by atoms with E-state index in [0.717, 1.165) is 0 Å².